The van der Waals surface area contributed by atoms with E-state index in [0.717, 1.165) is 31.5 Å². The lowest BCUT2D eigenvalue weighted by molar-refractivity contribution is -0.134. The molecular weight excluding hydrogens is 431 g/mol. The van der Waals surface area contributed by atoms with Gasteiger partial charge in [0.05, 0.1) is 16.5 Å². The Labute approximate surface area is 185 Å². The van der Waals surface area contributed by atoms with Crippen molar-refractivity contribution in [3.63, 3.8) is 0 Å². The molecule has 0 saturated carbocycles. The molecule has 2 fully saturated rings. The maximum atomic E-state index is 12.6. The predicted molar refractivity (Wildman–Crippen MR) is 115 cm³/mol. The highest BCUT2D eigenvalue weighted by Crippen LogP contribution is 2.25. The molecule has 0 unspecified atom stereocenters. The highest BCUT2D eigenvalue weighted by Gasteiger charge is 2.30. The molecular formula is C21H26Cl2N2O5. The number of halogens is 2. The zero-order valence-electron chi connectivity index (χ0n) is 16.6. The second kappa shape index (κ2) is 11.9. The van der Waals surface area contributed by atoms with Crippen LogP contribution in [0, 0.1) is 0 Å². The maximum Gasteiger partial charge on any atom is 0.328 e. The van der Waals surface area contributed by atoms with Crippen LogP contribution in [0.15, 0.2) is 30.4 Å². The van der Waals surface area contributed by atoms with E-state index in [-0.39, 0.29) is 5.91 Å². The van der Waals surface area contributed by atoms with Crippen LogP contribution in [0.25, 0.3) is 0 Å². The molecule has 1 atom stereocenters. The third-order valence-corrected chi connectivity index (χ3v) is 5.81. The van der Waals surface area contributed by atoms with Crippen LogP contribution in [-0.2, 0) is 20.8 Å². The molecule has 164 valence electrons. The summed E-state index contributed by atoms with van der Waals surface area (Å²) in [6.45, 7) is 4.29. The van der Waals surface area contributed by atoms with Crippen molar-refractivity contribution in [2.24, 2.45) is 0 Å². The minimum absolute atomic E-state index is 0.208. The number of carboxylic acid groups (broad SMARTS) is 2. The van der Waals surface area contributed by atoms with Gasteiger partial charge >= 0.3 is 11.9 Å². The number of carbonyl (C=O) groups is 3. The molecule has 30 heavy (non-hydrogen) atoms. The number of carbonyl (C=O) groups excluding carboxylic acids is 1. The molecule has 7 nitrogen and oxygen atoms in total. The summed E-state index contributed by atoms with van der Waals surface area (Å²) in [6, 6.07) is 5.83. The van der Waals surface area contributed by atoms with Gasteiger partial charge in [-0.1, -0.05) is 29.3 Å². The summed E-state index contributed by atoms with van der Waals surface area (Å²) in [5, 5.41) is 16.7. The molecule has 0 spiro atoms. The number of likely N-dealkylation sites (tertiary alicyclic amines) is 2. The highest BCUT2D eigenvalue weighted by atomic mass is 35.5. The van der Waals surface area contributed by atoms with Crippen LogP contribution < -0.4 is 0 Å². The lowest BCUT2D eigenvalue weighted by Crippen LogP contribution is -2.43. The predicted octanol–water partition coefficient (Wildman–Crippen LogP) is 3.33. The summed E-state index contributed by atoms with van der Waals surface area (Å²) >= 11 is 12.0. The van der Waals surface area contributed by atoms with Crippen molar-refractivity contribution < 1.29 is 24.6 Å². The summed E-state index contributed by atoms with van der Waals surface area (Å²) in [7, 11) is 0. The fourth-order valence-electron chi connectivity index (χ4n) is 3.69. The Morgan fingerprint density at radius 2 is 1.60 bits per heavy atom. The van der Waals surface area contributed by atoms with E-state index in [9.17, 15) is 14.4 Å². The molecule has 0 aliphatic carbocycles. The number of nitrogens with zero attached hydrogens (tertiary/aromatic N) is 2. The Balaban J connectivity index is 0.000000343. The molecule has 2 saturated heterocycles. The number of hydrogen-bond acceptors (Lipinski definition) is 4. The second-order valence-electron chi connectivity index (χ2n) is 7.33. The number of aliphatic carboxylic acids is 2. The molecule has 9 heteroatoms. The van der Waals surface area contributed by atoms with Crippen LogP contribution in [0.4, 0.5) is 0 Å². The lowest BCUT2D eigenvalue weighted by atomic mass is 10.1. The number of benzene rings is 1. The molecule has 2 N–H and O–H groups in total. The van der Waals surface area contributed by atoms with Gasteiger partial charge in [-0.2, -0.15) is 0 Å². The van der Waals surface area contributed by atoms with Crippen molar-refractivity contribution >= 4 is 41.0 Å². The first-order chi connectivity index (χ1) is 14.3. The lowest BCUT2D eigenvalue weighted by Gasteiger charge is -2.28. The van der Waals surface area contributed by atoms with Gasteiger partial charge in [-0.15, -0.1) is 0 Å². The Morgan fingerprint density at radius 3 is 2.17 bits per heavy atom. The molecule has 2 heterocycles. The first-order valence-corrected chi connectivity index (χ1v) is 10.6. The Morgan fingerprint density at radius 1 is 0.967 bits per heavy atom. The minimum atomic E-state index is -1.26. The highest BCUT2D eigenvalue weighted by molar-refractivity contribution is 6.42. The Hall–Kier alpha value is -2.09. The Kier molecular flexibility index (Phi) is 9.62. The number of amides is 1. The van der Waals surface area contributed by atoms with Crippen molar-refractivity contribution in [2.75, 3.05) is 26.2 Å². The van der Waals surface area contributed by atoms with Gasteiger partial charge in [-0.25, -0.2) is 9.59 Å². The van der Waals surface area contributed by atoms with Crippen LogP contribution in [0.5, 0.6) is 0 Å². The molecule has 3 rings (SSSR count). The standard InChI is InChI=1S/C17H22Cl2N2O.C4H4O4/c18-15-6-5-13(10-16(15)19)11-17(22)21-9-3-4-14(21)12-20-7-1-2-8-20;5-3(6)1-2-4(7)8/h5-6,10,14H,1-4,7-9,11-12H2;1-2H,(H,5,6)(H,7,8)/b;2-1+/t14-;/m1./s1. The van der Waals surface area contributed by atoms with E-state index in [1.165, 1.54) is 25.9 Å². The molecule has 2 aliphatic heterocycles. The van der Waals surface area contributed by atoms with Gasteiger partial charge in [0.15, 0.2) is 0 Å². The number of rotatable bonds is 6. The summed E-state index contributed by atoms with van der Waals surface area (Å²) in [4.78, 5) is 36.3. The summed E-state index contributed by atoms with van der Waals surface area (Å²) in [5.74, 6) is -2.31. The second-order valence-corrected chi connectivity index (χ2v) is 8.14. The van der Waals surface area contributed by atoms with Crippen molar-refractivity contribution in [2.45, 2.75) is 38.1 Å². The van der Waals surface area contributed by atoms with Gasteiger partial charge < -0.3 is 20.0 Å². The van der Waals surface area contributed by atoms with Gasteiger partial charge in [0.25, 0.3) is 0 Å². The molecule has 1 aromatic rings. The van der Waals surface area contributed by atoms with E-state index in [0.29, 0.717) is 34.7 Å². The monoisotopic (exact) mass is 456 g/mol. The van der Waals surface area contributed by atoms with Crippen molar-refractivity contribution in [1.82, 2.24) is 9.80 Å². The average Bonchev–Trinajstić information content (AvgIpc) is 3.36. The molecule has 0 aromatic heterocycles. The smallest absolute Gasteiger partial charge is 0.328 e. The van der Waals surface area contributed by atoms with Gasteiger partial charge in [0, 0.05) is 31.3 Å². The first-order valence-electron chi connectivity index (χ1n) is 9.86. The fourth-order valence-corrected chi connectivity index (χ4v) is 4.01. The van der Waals surface area contributed by atoms with Crippen LogP contribution >= 0.6 is 23.2 Å². The number of carboxylic acids is 2. The topological polar surface area (TPSA) is 98.2 Å². The number of hydrogen-bond donors (Lipinski definition) is 2. The van der Waals surface area contributed by atoms with Crippen molar-refractivity contribution in [3.05, 3.63) is 46.0 Å². The van der Waals surface area contributed by atoms with E-state index < -0.39 is 11.9 Å². The molecule has 0 bridgehead atoms. The SMILES string of the molecule is O=C(Cc1ccc(Cl)c(Cl)c1)N1CCC[C@@H]1CN1CCCC1.O=C(O)/C=C/C(=O)O. The van der Waals surface area contributed by atoms with Crippen LogP contribution in [-0.4, -0.2) is 70.1 Å². The van der Waals surface area contributed by atoms with E-state index in [1.807, 2.05) is 6.07 Å². The van der Waals surface area contributed by atoms with Gasteiger partial charge in [-0.05, 0) is 56.5 Å². The molecule has 0 radical (unpaired) electrons. The van der Waals surface area contributed by atoms with Gasteiger partial charge in [0.2, 0.25) is 5.91 Å². The summed E-state index contributed by atoms with van der Waals surface area (Å²) in [6.07, 6.45) is 6.36. The Bertz CT molecular complexity index is 778. The van der Waals surface area contributed by atoms with E-state index in [1.54, 1.807) is 12.1 Å². The third kappa shape index (κ3) is 7.97. The van der Waals surface area contributed by atoms with Crippen molar-refractivity contribution in [3.8, 4) is 0 Å². The maximum absolute atomic E-state index is 12.6. The van der Waals surface area contributed by atoms with E-state index >= 15 is 0 Å². The van der Waals surface area contributed by atoms with Gasteiger partial charge in [-0.3, -0.25) is 4.79 Å². The van der Waals surface area contributed by atoms with E-state index in [4.69, 9.17) is 33.4 Å². The normalized spacial score (nSPS) is 19.0. The third-order valence-electron chi connectivity index (χ3n) is 5.07. The summed E-state index contributed by atoms with van der Waals surface area (Å²) in [5.41, 5.74) is 0.936. The minimum Gasteiger partial charge on any atom is -0.478 e. The molecule has 1 aromatic carbocycles. The molecule has 1 amide bonds. The largest absolute Gasteiger partial charge is 0.478 e. The van der Waals surface area contributed by atoms with Gasteiger partial charge in [0.1, 0.15) is 0 Å². The summed E-state index contributed by atoms with van der Waals surface area (Å²) < 4.78 is 0. The van der Waals surface area contributed by atoms with Crippen molar-refractivity contribution in [1.29, 1.82) is 0 Å². The zero-order chi connectivity index (χ0) is 22.1. The average molecular weight is 457 g/mol. The van der Waals surface area contributed by atoms with E-state index in [2.05, 4.69) is 9.80 Å². The zero-order valence-corrected chi connectivity index (χ0v) is 18.1. The fraction of sp³-hybridized carbons (Fsp3) is 0.476. The van der Waals surface area contributed by atoms with Crippen LogP contribution in [0.3, 0.4) is 0 Å². The van der Waals surface area contributed by atoms with Crippen LogP contribution in [0.1, 0.15) is 31.2 Å². The van der Waals surface area contributed by atoms with Crippen LogP contribution in [0.2, 0.25) is 10.0 Å². The quantitative estimate of drug-likeness (QED) is 0.636. The molecule has 2 aliphatic rings. The first kappa shape index (κ1) is 24.2.